The molecular weight excluding hydrogens is 386 g/mol. The molecule has 0 aliphatic rings. The van der Waals surface area contributed by atoms with Crippen molar-refractivity contribution in [1.82, 2.24) is 0 Å². The largest absolute Gasteiger partial charge is 0.507 e. The number of hydrogen-bond donors (Lipinski definition) is 2. The molecule has 0 spiro atoms. The van der Waals surface area contributed by atoms with Crippen LogP contribution >= 0.6 is 0 Å². The molecule has 2 atom stereocenters. The van der Waals surface area contributed by atoms with Crippen molar-refractivity contribution in [3.05, 3.63) is 64.7 Å². The van der Waals surface area contributed by atoms with Gasteiger partial charge in [0.1, 0.15) is 17.4 Å². The number of esters is 1. The number of phenolic OH excluding ortho intramolecular Hbond substituents is 1. The lowest BCUT2D eigenvalue weighted by molar-refractivity contribution is -0.156. The van der Waals surface area contributed by atoms with Gasteiger partial charge in [-0.15, -0.1) is 0 Å². The summed E-state index contributed by atoms with van der Waals surface area (Å²) in [4.78, 5) is 13.0. The standard InChI is InChI=1S/C27H39NO3/c1-25(2,3)19-15-18(16-20(23(19)29)26(4,5)6)21(17-13-11-10-12-14-17)22(28)24(30)31-27(7,8)9/h10-16,21-22,29H,28H2,1-9H3. The van der Waals surface area contributed by atoms with Crippen LogP contribution in [0.1, 0.15) is 90.5 Å². The van der Waals surface area contributed by atoms with Gasteiger partial charge in [0.2, 0.25) is 0 Å². The maximum atomic E-state index is 13.0. The summed E-state index contributed by atoms with van der Waals surface area (Å²) in [5.74, 6) is -0.538. The summed E-state index contributed by atoms with van der Waals surface area (Å²) in [5.41, 5.74) is 8.88. The summed E-state index contributed by atoms with van der Waals surface area (Å²) in [6, 6.07) is 12.9. The SMILES string of the molecule is CC(C)(C)OC(=O)C(N)C(c1ccccc1)c1cc(C(C)(C)C)c(O)c(C(C)(C)C)c1. The van der Waals surface area contributed by atoms with Gasteiger partial charge in [-0.05, 0) is 53.9 Å². The van der Waals surface area contributed by atoms with Crippen molar-refractivity contribution in [3.8, 4) is 5.75 Å². The molecule has 2 unspecified atom stereocenters. The molecule has 2 aromatic rings. The fourth-order valence-corrected chi connectivity index (χ4v) is 3.75. The van der Waals surface area contributed by atoms with Gasteiger partial charge < -0.3 is 15.6 Å². The van der Waals surface area contributed by atoms with Gasteiger partial charge in [0.05, 0.1) is 0 Å². The van der Waals surface area contributed by atoms with Gasteiger partial charge in [-0.25, -0.2) is 0 Å². The highest BCUT2D eigenvalue weighted by atomic mass is 16.6. The quantitative estimate of drug-likeness (QED) is 0.608. The van der Waals surface area contributed by atoms with E-state index in [1.54, 1.807) is 0 Å². The van der Waals surface area contributed by atoms with Gasteiger partial charge in [-0.3, -0.25) is 4.79 Å². The van der Waals surface area contributed by atoms with Crippen molar-refractivity contribution in [1.29, 1.82) is 0 Å². The minimum absolute atomic E-state index is 0.280. The Bertz CT molecular complexity index is 877. The van der Waals surface area contributed by atoms with Crippen molar-refractivity contribution < 1.29 is 14.6 Å². The van der Waals surface area contributed by atoms with E-state index in [0.29, 0.717) is 5.75 Å². The zero-order valence-corrected chi connectivity index (χ0v) is 20.5. The van der Waals surface area contributed by atoms with Crippen LogP contribution in [0, 0.1) is 0 Å². The highest BCUT2D eigenvalue weighted by Crippen LogP contribution is 2.42. The van der Waals surface area contributed by atoms with E-state index >= 15 is 0 Å². The van der Waals surface area contributed by atoms with Gasteiger partial charge >= 0.3 is 5.97 Å². The van der Waals surface area contributed by atoms with Crippen LogP contribution in [0.3, 0.4) is 0 Å². The average Bonchev–Trinajstić information content (AvgIpc) is 2.60. The third-order valence-corrected chi connectivity index (χ3v) is 5.30. The Morgan fingerprint density at radius 2 is 1.29 bits per heavy atom. The first-order chi connectivity index (χ1) is 14.0. The minimum atomic E-state index is -0.883. The van der Waals surface area contributed by atoms with Crippen LogP contribution in [0.2, 0.25) is 0 Å². The number of carbonyl (C=O) groups excluding carboxylic acids is 1. The Labute approximate surface area is 187 Å². The minimum Gasteiger partial charge on any atom is -0.507 e. The van der Waals surface area contributed by atoms with E-state index in [-0.39, 0.29) is 10.8 Å². The van der Waals surface area contributed by atoms with Crippen molar-refractivity contribution in [2.45, 2.75) is 90.7 Å². The summed E-state index contributed by atoms with van der Waals surface area (Å²) in [6.45, 7) is 18.0. The molecule has 2 aromatic carbocycles. The predicted molar refractivity (Wildman–Crippen MR) is 128 cm³/mol. The lowest BCUT2D eigenvalue weighted by Gasteiger charge is -2.32. The van der Waals surface area contributed by atoms with E-state index in [0.717, 1.165) is 22.3 Å². The number of hydrogen-bond acceptors (Lipinski definition) is 4. The molecule has 0 aromatic heterocycles. The van der Waals surface area contributed by atoms with Crippen LogP contribution < -0.4 is 5.73 Å². The Morgan fingerprint density at radius 1 is 0.839 bits per heavy atom. The van der Waals surface area contributed by atoms with Crippen LogP contribution in [-0.4, -0.2) is 22.7 Å². The zero-order valence-electron chi connectivity index (χ0n) is 20.5. The number of nitrogens with two attached hydrogens (primary N) is 1. The van der Waals surface area contributed by atoms with E-state index in [4.69, 9.17) is 10.5 Å². The first-order valence-corrected chi connectivity index (χ1v) is 10.9. The van der Waals surface area contributed by atoms with E-state index in [1.165, 1.54) is 0 Å². The molecule has 0 fully saturated rings. The number of rotatable bonds is 4. The Balaban J connectivity index is 2.76. The van der Waals surface area contributed by atoms with Gasteiger partial charge in [0, 0.05) is 5.92 Å². The molecule has 0 aliphatic carbocycles. The summed E-state index contributed by atoms with van der Waals surface area (Å²) >= 11 is 0. The highest BCUT2D eigenvalue weighted by Gasteiger charge is 2.34. The molecule has 31 heavy (non-hydrogen) atoms. The summed E-state index contributed by atoms with van der Waals surface area (Å²) in [5, 5.41) is 11.1. The lowest BCUT2D eigenvalue weighted by Crippen LogP contribution is -2.42. The van der Waals surface area contributed by atoms with Gasteiger partial charge in [-0.2, -0.15) is 0 Å². The summed E-state index contributed by atoms with van der Waals surface area (Å²) in [7, 11) is 0. The molecule has 0 radical (unpaired) electrons. The number of phenols is 1. The third-order valence-electron chi connectivity index (χ3n) is 5.30. The first-order valence-electron chi connectivity index (χ1n) is 10.9. The fraction of sp³-hybridized carbons (Fsp3) is 0.519. The molecular formula is C27H39NO3. The maximum Gasteiger partial charge on any atom is 0.324 e. The molecule has 4 nitrogen and oxygen atoms in total. The molecule has 4 heteroatoms. The molecule has 0 saturated carbocycles. The normalized spacial score (nSPS) is 14.8. The zero-order chi connectivity index (χ0) is 23.8. The number of benzene rings is 2. The van der Waals surface area contributed by atoms with E-state index in [1.807, 2.05) is 63.2 Å². The average molecular weight is 426 g/mol. The Hall–Kier alpha value is -2.33. The predicted octanol–water partition coefficient (Wildman–Crippen LogP) is 5.79. The summed E-state index contributed by atoms with van der Waals surface area (Å²) < 4.78 is 5.63. The second kappa shape index (κ2) is 8.66. The molecule has 2 rings (SSSR count). The van der Waals surface area contributed by atoms with Crippen LogP contribution in [-0.2, 0) is 20.4 Å². The number of ether oxygens (including phenoxy) is 1. The van der Waals surface area contributed by atoms with E-state index in [2.05, 4.69) is 41.5 Å². The highest BCUT2D eigenvalue weighted by molar-refractivity contribution is 5.78. The molecule has 0 heterocycles. The molecule has 0 amide bonds. The second-order valence-electron chi connectivity index (χ2n) is 11.4. The summed E-state index contributed by atoms with van der Waals surface area (Å²) in [6.07, 6.45) is 0. The van der Waals surface area contributed by atoms with Gasteiger partial charge in [0.15, 0.2) is 0 Å². The number of aromatic hydroxyl groups is 1. The molecule has 3 N–H and O–H groups in total. The Kier molecular flexibility index (Phi) is 6.97. The van der Waals surface area contributed by atoms with Crippen molar-refractivity contribution >= 4 is 5.97 Å². The topological polar surface area (TPSA) is 72.5 Å². The molecule has 170 valence electrons. The van der Waals surface area contributed by atoms with Crippen molar-refractivity contribution in [2.24, 2.45) is 5.73 Å². The van der Waals surface area contributed by atoms with Gasteiger partial charge in [0.25, 0.3) is 0 Å². The van der Waals surface area contributed by atoms with Crippen LogP contribution in [0.15, 0.2) is 42.5 Å². The third kappa shape index (κ3) is 6.10. The van der Waals surface area contributed by atoms with Crippen LogP contribution in [0.25, 0.3) is 0 Å². The van der Waals surface area contributed by atoms with E-state index < -0.39 is 23.5 Å². The van der Waals surface area contributed by atoms with Crippen LogP contribution in [0.5, 0.6) is 5.75 Å². The van der Waals surface area contributed by atoms with Crippen molar-refractivity contribution in [2.75, 3.05) is 0 Å². The fourth-order valence-electron chi connectivity index (χ4n) is 3.75. The molecule has 0 bridgehead atoms. The molecule has 0 saturated heterocycles. The van der Waals surface area contributed by atoms with Crippen molar-refractivity contribution in [3.63, 3.8) is 0 Å². The van der Waals surface area contributed by atoms with Gasteiger partial charge in [-0.1, -0.05) is 84.0 Å². The smallest absolute Gasteiger partial charge is 0.324 e. The molecule has 0 aliphatic heterocycles. The maximum absolute atomic E-state index is 13.0. The lowest BCUT2D eigenvalue weighted by atomic mass is 9.75. The van der Waals surface area contributed by atoms with Crippen LogP contribution in [0.4, 0.5) is 0 Å². The number of carbonyl (C=O) groups is 1. The Morgan fingerprint density at radius 3 is 1.68 bits per heavy atom. The van der Waals surface area contributed by atoms with E-state index in [9.17, 15) is 9.90 Å². The second-order valence-corrected chi connectivity index (χ2v) is 11.4. The monoisotopic (exact) mass is 425 g/mol. The first kappa shape index (κ1) is 24.9.